The van der Waals surface area contributed by atoms with Crippen molar-refractivity contribution < 1.29 is 8.42 Å². The topological polar surface area (TPSA) is 52.6 Å². The number of nitrogens with zero attached hydrogens (tertiary/aromatic N) is 2. The van der Waals surface area contributed by atoms with Crippen LogP contribution in [0, 0.1) is 0 Å². The monoisotopic (exact) mass is 389 g/mol. The van der Waals surface area contributed by atoms with Crippen molar-refractivity contribution in [1.82, 2.24) is 15.1 Å². The summed E-state index contributed by atoms with van der Waals surface area (Å²) in [5.74, 6) is 0. The molecule has 1 N–H and O–H groups in total. The molecule has 1 fully saturated rings. The molecule has 1 saturated heterocycles. The zero-order valence-corrected chi connectivity index (χ0v) is 16.4. The van der Waals surface area contributed by atoms with E-state index in [0.717, 1.165) is 26.1 Å². The summed E-state index contributed by atoms with van der Waals surface area (Å²) in [6.07, 6.45) is 1.45. The lowest BCUT2D eigenvalue weighted by molar-refractivity contribution is 0.334. The second-order valence-electron chi connectivity index (χ2n) is 6.25. The highest BCUT2D eigenvalue weighted by molar-refractivity contribution is 7.92. The number of hydrogen-bond donors (Lipinski definition) is 1. The SMILES string of the molecule is CN(C)CCNC(=S)N1CCCC(S(=O)(=O)c2cccc(Cl)c2)C1. The minimum Gasteiger partial charge on any atom is -0.361 e. The summed E-state index contributed by atoms with van der Waals surface area (Å²) in [6.45, 7) is 2.82. The highest BCUT2D eigenvalue weighted by atomic mass is 35.5. The van der Waals surface area contributed by atoms with Gasteiger partial charge in [0.25, 0.3) is 0 Å². The van der Waals surface area contributed by atoms with Crippen LogP contribution in [-0.2, 0) is 9.84 Å². The van der Waals surface area contributed by atoms with Crippen molar-refractivity contribution >= 4 is 38.8 Å². The van der Waals surface area contributed by atoms with Crippen molar-refractivity contribution in [1.29, 1.82) is 0 Å². The summed E-state index contributed by atoms with van der Waals surface area (Å²) in [4.78, 5) is 4.31. The number of benzene rings is 1. The molecule has 0 saturated carbocycles. The quantitative estimate of drug-likeness (QED) is 0.777. The molecule has 134 valence electrons. The van der Waals surface area contributed by atoms with Crippen LogP contribution in [0.5, 0.6) is 0 Å². The molecule has 1 aliphatic heterocycles. The molecular formula is C16H24ClN3O2S2. The Balaban J connectivity index is 2.03. The zero-order valence-electron chi connectivity index (χ0n) is 14.0. The molecule has 1 atom stereocenters. The molecule has 0 bridgehead atoms. The van der Waals surface area contributed by atoms with Crippen LogP contribution in [-0.4, -0.2) is 68.9 Å². The van der Waals surface area contributed by atoms with Gasteiger partial charge in [-0.3, -0.25) is 0 Å². The molecule has 1 aliphatic rings. The molecule has 24 heavy (non-hydrogen) atoms. The fourth-order valence-corrected chi connectivity index (χ4v) is 5.03. The van der Waals surface area contributed by atoms with Crippen LogP contribution in [0.1, 0.15) is 12.8 Å². The third-order valence-electron chi connectivity index (χ3n) is 4.06. The lowest BCUT2D eigenvalue weighted by atomic mass is 10.1. The molecule has 0 aromatic heterocycles. The van der Waals surface area contributed by atoms with E-state index in [9.17, 15) is 8.42 Å². The summed E-state index contributed by atoms with van der Waals surface area (Å²) in [5, 5.41) is 3.81. The summed E-state index contributed by atoms with van der Waals surface area (Å²) in [7, 11) is 0.592. The standard InChI is InChI=1S/C16H24ClN3O2S2/c1-19(2)10-8-18-16(23)20-9-4-7-15(12-20)24(21,22)14-6-3-5-13(17)11-14/h3,5-6,11,15H,4,7-10,12H2,1-2H3,(H,18,23). The van der Waals surface area contributed by atoms with Crippen LogP contribution >= 0.6 is 23.8 Å². The molecule has 2 rings (SSSR count). The average molecular weight is 390 g/mol. The zero-order chi connectivity index (χ0) is 17.7. The Labute approximate surface area is 154 Å². The maximum Gasteiger partial charge on any atom is 0.183 e. The smallest absolute Gasteiger partial charge is 0.183 e. The second-order valence-corrected chi connectivity index (χ2v) is 9.30. The van der Waals surface area contributed by atoms with E-state index in [0.29, 0.717) is 23.1 Å². The Kier molecular flexibility index (Phi) is 6.86. The summed E-state index contributed by atoms with van der Waals surface area (Å²) in [6, 6.07) is 6.47. The number of piperidine rings is 1. The molecule has 0 aliphatic carbocycles. The lowest BCUT2D eigenvalue weighted by Crippen LogP contribution is -2.49. The van der Waals surface area contributed by atoms with E-state index in [-0.39, 0.29) is 4.90 Å². The number of nitrogens with one attached hydrogen (secondary N) is 1. The first-order chi connectivity index (χ1) is 11.3. The predicted octanol–water partition coefficient (Wildman–Crippen LogP) is 2.01. The minimum atomic E-state index is -3.41. The fraction of sp³-hybridized carbons (Fsp3) is 0.562. The van der Waals surface area contributed by atoms with Crippen molar-refractivity contribution in [3.63, 3.8) is 0 Å². The molecular weight excluding hydrogens is 366 g/mol. The van der Waals surface area contributed by atoms with Crippen LogP contribution < -0.4 is 5.32 Å². The summed E-state index contributed by atoms with van der Waals surface area (Å²) in [5.41, 5.74) is 0. The normalized spacial score (nSPS) is 18.7. The van der Waals surface area contributed by atoms with E-state index in [2.05, 4.69) is 10.2 Å². The Morgan fingerprint density at radius 3 is 2.88 bits per heavy atom. The summed E-state index contributed by atoms with van der Waals surface area (Å²) < 4.78 is 25.7. The number of likely N-dealkylation sites (tertiary alicyclic amines) is 1. The van der Waals surface area contributed by atoms with E-state index in [1.54, 1.807) is 18.2 Å². The highest BCUT2D eigenvalue weighted by Gasteiger charge is 2.32. The Morgan fingerprint density at radius 2 is 2.21 bits per heavy atom. The van der Waals surface area contributed by atoms with E-state index >= 15 is 0 Å². The molecule has 8 heteroatoms. The van der Waals surface area contributed by atoms with Crippen molar-refractivity contribution in [2.45, 2.75) is 23.0 Å². The Bertz CT molecular complexity index is 680. The maximum atomic E-state index is 12.9. The van der Waals surface area contributed by atoms with Crippen LogP contribution in [0.2, 0.25) is 5.02 Å². The second kappa shape index (κ2) is 8.47. The molecule has 5 nitrogen and oxygen atoms in total. The van der Waals surface area contributed by atoms with Crippen molar-refractivity contribution in [2.24, 2.45) is 0 Å². The molecule has 1 heterocycles. The van der Waals surface area contributed by atoms with Gasteiger partial charge in [0.15, 0.2) is 14.9 Å². The molecule has 1 unspecified atom stereocenters. The average Bonchev–Trinajstić information content (AvgIpc) is 2.54. The van der Waals surface area contributed by atoms with Crippen LogP contribution in [0.4, 0.5) is 0 Å². The first-order valence-corrected chi connectivity index (χ1v) is 10.3. The van der Waals surface area contributed by atoms with Gasteiger partial charge < -0.3 is 15.1 Å². The van der Waals surface area contributed by atoms with Crippen LogP contribution in [0.15, 0.2) is 29.2 Å². The number of likely N-dealkylation sites (N-methyl/N-ethyl adjacent to an activating group) is 1. The van der Waals surface area contributed by atoms with Crippen LogP contribution in [0.3, 0.4) is 0 Å². The van der Waals surface area contributed by atoms with Crippen molar-refractivity contribution in [3.8, 4) is 0 Å². The first-order valence-electron chi connectivity index (χ1n) is 7.97. The van der Waals surface area contributed by atoms with Gasteiger partial charge in [-0.2, -0.15) is 0 Å². The van der Waals surface area contributed by atoms with Crippen molar-refractivity contribution in [2.75, 3.05) is 40.3 Å². The van der Waals surface area contributed by atoms with E-state index in [4.69, 9.17) is 23.8 Å². The van der Waals surface area contributed by atoms with E-state index in [1.807, 2.05) is 19.0 Å². The number of sulfone groups is 1. The number of thiocarbonyl (C=S) groups is 1. The number of rotatable bonds is 5. The lowest BCUT2D eigenvalue weighted by Gasteiger charge is -2.34. The van der Waals surface area contributed by atoms with E-state index < -0.39 is 15.1 Å². The third kappa shape index (κ3) is 5.05. The molecule has 0 amide bonds. The van der Waals surface area contributed by atoms with Gasteiger partial charge in [-0.05, 0) is 57.4 Å². The Morgan fingerprint density at radius 1 is 1.46 bits per heavy atom. The van der Waals surface area contributed by atoms with E-state index in [1.165, 1.54) is 6.07 Å². The Hall–Kier alpha value is -0.890. The molecule has 0 radical (unpaired) electrons. The van der Waals surface area contributed by atoms with Crippen LogP contribution in [0.25, 0.3) is 0 Å². The van der Waals surface area contributed by atoms with Gasteiger partial charge in [-0.25, -0.2) is 8.42 Å². The molecule has 1 aromatic rings. The van der Waals surface area contributed by atoms with Gasteiger partial charge >= 0.3 is 0 Å². The van der Waals surface area contributed by atoms with Gasteiger partial charge in [0, 0.05) is 31.2 Å². The first kappa shape index (κ1) is 19.4. The fourth-order valence-electron chi connectivity index (χ4n) is 2.71. The van der Waals surface area contributed by atoms with Gasteiger partial charge in [0.1, 0.15) is 0 Å². The summed E-state index contributed by atoms with van der Waals surface area (Å²) >= 11 is 11.4. The minimum absolute atomic E-state index is 0.285. The molecule has 0 spiro atoms. The van der Waals surface area contributed by atoms with Crippen molar-refractivity contribution in [3.05, 3.63) is 29.3 Å². The molecule has 1 aromatic carbocycles. The largest absolute Gasteiger partial charge is 0.361 e. The number of hydrogen-bond acceptors (Lipinski definition) is 4. The van der Waals surface area contributed by atoms with Gasteiger partial charge in [-0.15, -0.1) is 0 Å². The van der Waals surface area contributed by atoms with Gasteiger partial charge in [0.2, 0.25) is 0 Å². The highest BCUT2D eigenvalue weighted by Crippen LogP contribution is 2.25. The number of halogens is 1. The maximum absolute atomic E-state index is 12.9. The predicted molar refractivity (Wildman–Crippen MR) is 102 cm³/mol. The third-order valence-corrected chi connectivity index (χ3v) is 6.88. The van der Waals surface area contributed by atoms with Gasteiger partial charge in [0.05, 0.1) is 10.1 Å². The van der Waals surface area contributed by atoms with Gasteiger partial charge in [-0.1, -0.05) is 17.7 Å².